The molecule has 0 unspecified atom stereocenters. The van der Waals surface area contributed by atoms with Crippen LogP contribution in [-0.4, -0.2) is 24.4 Å². The van der Waals surface area contributed by atoms with E-state index in [1.807, 2.05) is 0 Å². The van der Waals surface area contributed by atoms with Gasteiger partial charge in [0.1, 0.15) is 0 Å². The molecule has 0 aromatic rings. The van der Waals surface area contributed by atoms with Crippen molar-refractivity contribution in [2.75, 3.05) is 13.2 Å². The summed E-state index contributed by atoms with van der Waals surface area (Å²) in [5.41, 5.74) is 0. The fraction of sp³-hybridized carbons (Fsp3) is 0.429. The van der Waals surface area contributed by atoms with E-state index < -0.39 is 0 Å². The molecule has 2 heteroatoms. The first-order valence-corrected chi connectivity index (χ1v) is 2.81. The Balaban J connectivity index is 3.30. The van der Waals surface area contributed by atoms with Crippen LogP contribution in [-0.2, 0) is 4.74 Å². The molecule has 0 aromatic carbocycles. The number of hydrogen-bond donors (Lipinski definition) is 1. The largest absolute Gasteiger partial charge is 0.393 e. The molecule has 0 spiro atoms. The molecule has 0 radical (unpaired) electrons. The first kappa shape index (κ1) is 8.40. The summed E-state index contributed by atoms with van der Waals surface area (Å²) in [6.07, 6.45) is 2.94. The van der Waals surface area contributed by atoms with Crippen LogP contribution in [0.15, 0.2) is 25.3 Å². The zero-order valence-corrected chi connectivity index (χ0v) is 5.42. The Morgan fingerprint density at radius 1 is 1.56 bits per heavy atom. The molecule has 0 saturated heterocycles. The highest BCUT2D eigenvalue weighted by Gasteiger charge is 1.97. The average Bonchev–Trinajstić information content (AvgIpc) is 1.91. The average molecular weight is 128 g/mol. The van der Waals surface area contributed by atoms with Crippen LogP contribution in [0.25, 0.3) is 0 Å². The molecule has 1 atom stereocenters. The summed E-state index contributed by atoms with van der Waals surface area (Å²) in [5, 5.41) is 8.52. The summed E-state index contributed by atoms with van der Waals surface area (Å²) < 4.78 is 5.00. The molecule has 52 valence electrons. The van der Waals surface area contributed by atoms with Crippen molar-refractivity contribution in [1.29, 1.82) is 0 Å². The quantitative estimate of drug-likeness (QED) is 0.553. The minimum absolute atomic E-state index is 0.0165. The Kier molecular flexibility index (Phi) is 5.17. The maximum absolute atomic E-state index is 8.52. The summed E-state index contributed by atoms with van der Waals surface area (Å²) in [4.78, 5) is 0. The smallest absolute Gasteiger partial charge is 0.0988 e. The molecule has 0 amide bonds. The van der Waals surface area contributed by atoms with Crippen LogP contribution in [0, 0.1) is 0 Å². The van der Waals surface area contributed by atoms with Crippen molar-refractivity contribution in [2.24, 2.45) is 0 Å². The predicted molar refractivity (Wildman–Crippen MR) is 37.2 cm³/mol. The molecule has 1 N–H and O–H groups in total. The van der Waals surface area contributed by atoms with Crippen LogP contribution >= 0.6 is 0 Å². The van der Waals surface area contributed by atoms with Gasteiger partial charge < -0.3 is 9.84 Å². The number of hydrogen-bond acceptors (Lipinski definition) is 2. The van der Waals surface area contributed by atoms with E-state index in [4.69, 9.17) is 9.84 Å². The molecular formula is C7H12O2. The van der Waals surface area contributed by atoms with Crippen LogP contribution < -0.4 is 0 Å². The van der Waals surface area contributed by atoms with Crippen molar-refractivity contribution in [1.82, 2.24) is 0 Å². The summed E-state index contributed by atoms with van der Waals surface area (Å²) in [6, 6.07) is 0. The van der Waals surface area contributed by atoms with Gasteiger partial charge >= 0.3 is 0 Å². The second-order valence-corrected chi connectivity index (χ2v) is 1.58. The topological polar surface area (TPSA) is 29.5 Å². The minimum Gasteiger partial charge on any atom is -0.393 e. The lowest BCUT2D eigenvalue weighted by Gasteiger charge is -2.07. The maximum atomic E-state index is 8.52. The molecule has 0 saturated carbocycles. The van der Waals surface area contributed by atoms with Gasteiger partial charge in [0.25, 0.3) is 0 Å². The van der Waals surface area contributed by atoms with Gasteiger partial charge in [-0.15, -0.1) is 13.2 Å². The molecule has 0 rings (SSSR count). The first-order chi connectivity index (χ1) is 4.35. The lowest BCUT2D eigenvalue weighted by molar-refractivity contribution is 0.0602. The van der Waals surface area contributed by atoms with Gasteiger partial charge in [0, 0.05) is 0 Å². The standard InChI is InChI=1S/C7H12O2/c1-3-5-9-7(4-2)6-8/h3-4,7-8H,1-2,5-6H2/t7-/m1/s1. The highest BCUT2D eigenvalue weighted by Crippen LogP contribution is 1.90. The Labute approximate surface area is 55.5 Å². The van der Waals surface area contributed by atoms with E-state index in [0.29, 0.717) is 6.61 Å². The zero-order valence-electron chi connectivity index (χ0n) is 5.42. The molecule has 0 bridgehead atoms. The third kappa shape index (κ3) is 3.94. The molecule has 0 aliphatic carbocycles. The van der Waals surface area contributed by atoms with E-state index in [2.05, 4.69) is 13.2 Å². The van der Waals surface area contributed by atoms with Gasteiger partial charge in [-0.2, -0.15) is 0 Å². The van der Waals surface area contributed by atoms with Gasteiger partial charge in [-0.3, -0.25) is 0 Å². The molecular weight excluding hydrogens is 116 g/mol. The lowest BCUT2D eigenvalue weighted by atomic mass is 10.4. The molecule has 0 aliphatic rings. The van der Waals surface area contributed by atoms with E-state index in [9.17, 15) is 0 Å². The Bertz CT molecular complexity index is 88.9. The van der Waals surface area contributed by atoms with Gasteiger partial charge in [-0.1, -0.05) is 12.2 Å². The Morgan fingerprint density at radius 2 is 2.22 bits per heavy atom. The van der Waals surface area contributed by atoms with Crippen molar-refractivity contribution >= 4 is 0 Å². The third-order valence-electron chi connectivity index (χ3n) is 0.871. The number of rotatable bonds is 5. The van der Waals surface area contributed by atoms with Crippen LogP contribution in [0.4, 0.5) is 0 Å². The van der Waals surface area contributed by atoms with E-state index in [0.717, 1.165) is 0 Å². The van der Waals surface area contributed by atoms with Crippen molar-refractivity contribution in [3.63, 3.8) is 0 Å². The minimum atomic E-state index is -0.247. The summed E-state index contributed by atoms with van der Waals surface area (Å²) in [7, 11) is 0. The van der Waals surface area contributed by atoms with Crippen LogP contribution in [0.1, 0.15) is 0 Å². The molecule has 0 aliphatic heterocycles. The highest BCUT2D eigenvalue weighted by molar-refractivity contribution is 4.80. The van der Waals surface area contributed by atoms with Crippen molar-refractivity contribution in [3.05, 3.63) is 25.3 Å². The van der Waals surface area contributed by atoms with Crippen molar-refractivity contribution in [2.45, 2.75) is 6.10 Å². The van der Waals surface area contributed by atoms with E-state index >= 15 is 0 Å². The third-order valence-corrected chi connectivity index (χ3v) is 0.871. The van der Waals surface area contributed by atoms with Crippen LogP contribution in [0.2, 0.25) is 0 Å². The lowest BCUT2D eigenvalue weighted by Crippen LogP contribution is -2.13. The van der Waals surface area contributed by atoms with Gasteiger partial charge in [0.2, 0.25) is 0 Å². The van der Waals surface area contributed by atoms with E-state index in [1.165, 1.54) is 0 Å². The van der Waals surface area contributed by atoms with E-state index in [-0.39, 0.29) is 12.7 Å². The van der Waals surface area contributed by atoms with Gasteiger partial charge in [0.05, 0.1) is 19.3 Å². The fourth-order valence-corrected chi connectivity index (χ4v) is 0.387. The molecule has 0 fully saturated rings. The highest BCUT2D eigenvalue weighted by atomic mass is 16.5. The second-order valence-electron chi connectivity index (χ2n) is 1.58. The van der Waals surface area contributed by atoms with E-state index in [1.54, 1.807) is 12.2 Å². The maximum Gasteiger partial charge on any atom is 0.0988 e. The van der Waals surface area contributed by atoms with Crippen molar-refractivity contribution in [3.8, 4) is 0 Å². The Morgan fingerprint density at radius 3 is 2.56 bits per heavy atom. The van der Waals surface area contributed by atoms with Gasteiger partial charge in [-0.25, -0.2) is 0 Å². The van der Waals surface area contributed by atoms with Gasteiger partial charge in [0.15, 0.2) is 0 Å². The number of ether oxygens (including phenoxy) is 1. The fourth-order valence-electron chi connectivity index (χ4n) is 0.387. The normalized spacial score (nSPS) is 12.6. The number of aliphatic hydroxyl groups is 1. The van der Waals surface area contributed by atoms with Gasteiger partial charge in [-0.05, 0) is 0 Å². The summed E-state index contributed by atoms with van der Waals surface area (Å²) in [5.74, 6) is 0. The van der Waals surface area contributed by atoms with Crippen LogP contribution in [0.3, 0.4) is 0 Å². The SMILES string of the molecule is C=CCO[C@H](C=C)CO. The Hall–Kier alpha value is -0.600. The molecule has 0 aromatic heterocycles. The molecule has 9 heavy (non-hydrogen) atoms. The van der Waals surface area contributed by atoms with Crippen LogP contribution in [0.5, 0.6) is 0 Å². The summed E-state index contributed by atoms with van der Waals surface area (Å²) in [6.45, 7) is 7.36. The first-order valence-electron chi connectivity index (χ1n) is 2.81. The predicted octanol–water partition coefficient (Wildman–Crippen LogP) is 0.736. The summed E-state index contributed by atoms with van der Waals surface area (Å²) >= 11 is 0. The number of aliphatic hydroxyl groups excluding tert-OH is 1. The second kappa shape index (κ2) is 5.54. The van der Waals surface area contributed by atoms with Crippen molar-refractivity contribution < 1.29 is 9.84 Å². The zero-order chi connectivity index (χ0) is 7.11. The molecule has 0 heterocycles. The monoisotopic (exact) mass is 128 g/mol. The molecule has 2 nitrogen and oxygen atoms in total.